The van der Waals surface area contributed by atoms with Crippen LogP contribution in [0, 0.1) is 0 Å². The van der Waals surface area contributed by atoms with Crippen LogP contribution in [-0.4, -0.2) is 35.4 Å². The lowest BCUT2D eigenvalue weighted by Crippen LogP contribution is -2.38. The molecular weight excluding hydrogens is 298 g/mol. The quantitative estimate of drug-likeness (QED) is 0.872. The number of carbonyl (C=O) groups is 1. The van der Waals surface area contributed by atoms with E-state index in [2.05, 4.69) is 41.3 Å². The van der Waals surface area contributed by atoms with Crippen molar-refractivity contribution < 1.29 is 4.79 Å². The smallest absolute Gasteiger partial charge is 0.222 e. The molecule has 4 nitrogen and oxygen atoms in total. The largest absolute Gasteiger partial charge is 0.365 e. The van der Waals surface area contributed by atoms with Gasteiger partial charge in [0.15, 0.2) is 0 Å². The van der Waals surface area contributed by atoms with E-state index in [9.17, 15) is 4.79 Å². The number of hydrogen-bond acceptors (Lipinski definition) is 3. The van der Waals surface area contributed by atoms with Gasteiger partial charge in [-0.2, -0.15) is 0 Å². The van der Waals surface area contributed by atoms with Gasteiger partial charge in [0, 0.05) is 38.8 Å². The van der Waals surface area contributed by atoms with Crippen molar-refractivity contribution in [1.82, 2.24) is 9.88 Å². The van der Waals surface area contributed by atoms with Crippen LogP contribution in [0.5, 0.6) is 0 Å². The fourth-order valence-corrected chi connectivity index (χ4v) is 4.16. The first-order valence-electron chi connectivity index (χ1n) is 8.74. The highest BCUT2D eigenvalue weighted by Gasteiger charge is 2.49. The summed E-state index contributed by atoms with van der Waals surface area (Å²) in [4.78, 5) is 21.3. The van der Waals surface area contributed by atoms with Crippen LogP contribution in [0.2, 0.25) is 0 Å². The Balaban J connectivity index is 1.63. The summed E-state index contributed by atoms with van der Waals surface area (Å²) in [6.45, 7) is 5.43. The Morgan fingerprint density at radius 1 is 1.17 bits per heavy atom. The summed E-state index contributed by atoms with van der Waals surface area (Å²) in [6, 6.07) is 14.7. The van der Waals surface area contributed by atoms with Gasteiger partial charge in [0.05, 0.1) is 16.8 Å². The minimum absolute atomic E-state index is 0.00377. The monoisotopic (exact) mass is 321 g/mol. The molecule has 3 heterocycles. The average molecular weight is 321 g/mol. The highest BCUT2D eigenvalue weighted by atomic mass is 16.2. The number of fused-ring (bicyclic) bond motifs is 2. The Labute approximate surface area is 143 Å². The number of benzene rings is 1. The molecule has 2 aromatic rings. The lowest BCUT2D eigenvalue weighted by molar-refractivity contribution is -0.129. The SMILES string of the molecule is CCC(=O)N1CC[C@]2(C1)CN(Cc1ccccc1)c1cccnc12. The molecule has 2 aliphatic rings. The van der Waals surface area contributed by atoms with E-state index in [1.165, 1.54) is 16.9 Å². The van der Waals surface area contributed by atoms with E-state index in [4.69, 9.17) is 4.98 Å². The summed E-state index contributed by atoms with van der Waals surface area (Å²) >= 11 is 0. The Kier molecular flexibility index (Phi) is 3.75. The second-order valence-electron chi connectivity index (χ2n) is 6.91. The maximum Gasteiger partial charge on any atom is 0.222 e. The third-order valence-corrected chi connectivity index (χ3v) is 5.35. The molecule has 0 bridgehead atoms. The topological polar surface area (TPSA) is 36.4 Å². The first-order chi connectivity index (χ1) is 11.7. The Hall–Kier alpha value is -2.36. The fraction of sp³-hybridized carbons (Fsp3) is 0.400. The average Bonchev–Trinajstić information content (AvgIpc) is 3.19. The van der Waals surface area contributed by atoms with Crippen molar-refractivity contribution in [2.45, 2.75) is 31.7 Å². The van der Waals surface area contributed by atoms with Gasteiger partial charge in [-0.1, -0.05) is 37.3 Å². The van der Waals surface area contributed by atoms with Gasteiger partial charge in [-0.15, -0.1) is 0 Å². The van der Waals surface area contributed by atoms with Gasteiger partial charge in [0.1, 0.15) is 0 Å². The van der Waals surface area contributed by atoms with Crippen LogP contribution in [0.15, 0.2) is 48.7 Å². The van der Waals surface area contributed by atoms with Crippen LogP contribution in [0.25, 0.3) is 0 Å². The van der Waals surface area contributed by atoms with Crippen molar-refractivity contribution in [2.75, 3.05) is 24.5 Å². The molecule has 1 saturated heterocycles. The minimum Gasteiger partial charge on any atom is -0.365 e. The van der Waals surface area contributed by atoms with E-state index in [0.29, 0.717) is 6.42 Å². The first kappa shape index (κ1) is 15.2. The summed E-state index contributed by atoms with van der Waals surface area (Å²) in [7, 11) is 0. The van der Waals surface area contributed by atoms with Crippen LogP contribution < -0.4 is 4.90 Å². The van der Waals surface area contributed by atoms with E-state index in [1.807, 2.05) is 24.1 Å². The van der Waals surface area contributed by atoms with Crippen molar-refractivity contribution in [1.29, 1.82) is 0 Å². The van der Waals surface area contributed by atoms with E-state index in [0.717, 1.165) is 32.6 Å². The summed E-state index contributed by atoms with van der Waals surface area (Å²) in [5, 5.41) is 0. The summed E-state index contributed by atoms with van der Waals surface area (Å²) in [6.07, 6.45) is 3.48. The van der Waals surface area contributed by atoms with Crippen LogP contribution in [0.4, 0.5) is 5.69 Å². The van der Waals surface area contributed by atoms with Gasteiger partial charge < -0.3 is 9.80 Å². The molecule has 1 fully saturated rings. The summed E-state index contributed by atoms with van der Waals surface area (Å²) in [5.41, 5.74) is 3.71. The molecule has 24 heavy (non-hydrogen) atoms. The number of carbonyl (C=O) groups excluding carboxylic acids is 1. The molecule has 1 amide bonds. The van der Waals surface area contributed by atoms with E-state index >= 15 is 0 Å². The normalized spacial score (nSPS) is 22.2. The van der Waals surface area contributed by atoms with E-state index < -0.39 is 0 Å². The Morgan fingerprint density at radius 2 is 2.00 bits per heavy atom. The molecule has 4 rings (SSSR count). The van der Waals surface area contributed by atoms with Gasteiger partial charge in [0.25, 0.3) is 0 Å². The fourth-order valence-electron chi connectivity index (χ4n) is 4.16. The maximum atomic E-state index is 12.1. The Bertz CT molecular complexity index is 746. The number of aromatic nitrogens is 1. The van der Waals surface area contributed by atoms with Crippen molar-refractivity contribution in [3.05, 3.63) is 59.9 Å². The number of amides is 1. The molecule has 0 saturated carbocycles. The van der Waals surface area contributed by atoms with Crippen LogP contribution in [0.3, 0.4) is 0 Å². The number of rotatable bonds is 3. The molecule has 2 aliphatic heterocycles. The number of likely N-dealkylation sites (tertiary alicyclic amines) is 1. The lowest BCUT2D eigenvalue weighted by atomic mass is 9.85. The summed E-state index contributed by atoms with van der Waals surface area (Å²) in [5.74, 6) is 0.255. The van der Waals surface area contributed by atoms with Gasteiger partial charge in [0.2, 0.25) is 5.91 Å². The highest BCUT2D eigenvalue weighted by Crippen LogP contribution is 2.45. The zero-order valence-electron chi connectivity index (χ0n) is 14.1. The third kappa shape index (κ3) is 2.46. The number of nitrogens with zero attached hydrogens (tertiary/aromatic N) is 3. The maximum absolute atomic E-state index is 12.1. The molecule has 1 atom stereocenters. The van der Waals surface area contributed by atoms with Gasteiger partial charge in [-0.25, -0.2) is 0 Å². The molecule has 0 radical (unpaired) electrons. The lowest BCUT2D eigenvalue weighted by Gasteiger charge is -2.25. The molecule has 0 unspecified atom stereocenters. The van der Waals surface area contributed by atoms with Crippen molar-refractivity contribution in [3.8, 4) is 0 Å². The number of pyridine rings is 1. The van der Waals surface area contributed by atoms with Gasteiger partial charge in [-0.05, 0) is 24.1 Å². The molecule has 124 valence electrons. The highest BCUT2D eigenvalue weighted by molar-refractivity contribution is 5.77. The molecule has 1 aromatic carbocycles. The Morgan fingerprint density at radius 3 is 2.79 bits per heavy atom. The van der Waals surface area contributed by atoms with E-state index in [1.54, 1.807) is 0 Å². The second-order valence-corrected chi connectivity index (χ2v) is 6.91. The molecule has 1 aromatic heterocycles. The van der Waals surface area contributed by atoms with Crippen LogP contribution >= 0.6 is 0 Å². The predicted octanol–water partition coefficient (Wildman–Crippen LogP) is 2.98. The zero-order chi connectivity index (χ0) is 16.6. The van der Waals surface area contributed by atoms with Gasteiger partial charge in [-0.3, -0.25) is 9.78 Å². The molecule has 0 aliphatic carbocycles. The minimum atomic E-state index is -0.00377. The molecule has 0 N–H and O–H groups in total. The number of anilines is 1. The molecular formula is C20H23N3O. The van der Waals surface area contributed by atoms with Crippen LogP contribution in [-0.2, 0) is 16.8 Å². The first-order valence-corrected chi connectivity index (χ1v) is 8.74. The second kappa shape index (κ2) is 5.93. The van der Waals surface area contributed by atoms with E-state index in [-0.39, 0.29) is 11.3 Å². The zero-order valence-corrected chi connectivity index (χ0v) is 14.1. The van der Waals surface area contributed by atoms with Crippen molar-refractivity contribution in [2.24, 2.45) is 0 Å². The molecule has 1 spiro atoms. The van der Waals surface area contributed by atoms with Crippen molar-refractivity contribution >= 4 is 11.6 Å². The third-order valence-electron chi connectivity index (χ3n) is 5.35. The standard InChI is InChI=1S/C20H23N3O/c1-2-18(24)22-12-10-20(14-22)15-23(13-16-7-4-3-5-8-16)17-9-6-11-21-19(17)20/h3-9,11H,2,10,12-15H2,1H3/t20-/m0/s1. The van der Waals surface area contributed by atoms with Gasteiger partial charge >= 0.3 is 0 Å². The number of hydrogen-bond donors (Lipinski definition) is 0. The van der Waals surface area contributed by atoms with Crippen LogP contribution in [0.1, 0.15) is 31.0 Å². The van der Waals surface area contributed by atoms with Crippen molar-refractivity contribution in [3.63, 3.8) is 0 Å². The molecule has 4 heteroatoms. The summed E-state index contributed by atoms with van der Waals surface area (Å²) < 4.78 is 0. The predicted molar refractivity (Wildman–Crippen MR) is 94.9 cm³/mol.